The van der Waals surface area contributed by atoms with Crippen LogP contribution in [0.1, 0.15) is 50.7 Å². The number of rotatable bonds is 11. The summed E-state index contributed by atoms with van der Waals surface area (Å²) in [4.78, 5) is 15.0. The molecule has 0 unspecified atom stereocenters. The largest absolute Gasteiger partial charge is 0.497 e. The highest BCUT2D eigenvalue weighted by atomic mass is 16.5. The van der Waals surface area contributed by atoms with Gasteiger partial charge in [0.15, 0.2) is 0 Å². The molecule has 0 fully saturated rings. The van der Waals surface area contributed by atoms with E-state index in [4.69, 9.17) is 20.6 Å². The number of unbranched alkanes of at least 4 members (excludes halogenated alkanes) is 1. The topological polar surface area (TPSA) is 94.7 Å². The first-order valence-corrected chi connectivity index (χ1v) is 11.6. The molecular weight excluding hydrogens is 414 g/mol. The van der Waals surface area contributed by atoms with Crippen LogP contribution in [0.4, 0.5) is 5.69 Å². The van der Waals surface area contributed by atoms with E-state index in [1.807, 2.05) is 37.3 Å². The van der Waals surface area contributed by atoms with Crippen LogP contribution in [-0.4, -0.2) is 25.1 Å². The number of ether oxygens (including phenoxy) is 1. The fourth-order valence-electron chi connectivity index (χ4n) is 4.05. The second kappa shape index (κ2) is 11.6. The molecule has 33 heavy (non-hydrogen) atoms. The van der Waals surface area contributed by atoms with E-state index in [1.165, 1.54) is 5.56 Å². The highest BCUT2D eigenvalue weighted by Crippen LogP contribution is 2.28. The maximum Gasteiger partial charge on any atom is 0.346 e. The number of benzene rings is 2. The molecule has 1 aromatic heterocycles. The summed E-state index contributed by atoms with van der Waals surface area (Å²) in [6, 6.07) is 15.5. The highest BCUT2D eigenvalue weighted by Gasteiger charge is 2.16. The molecule has 4 N–H and O–H groups in total. The summed E-state index contributed by atoms with van der Waals surface area (Å²) in [5, 5.41) is 0.725. The number of hydrogen-bond acceptors (Lipinski definition) is 6. The molecule has 2 aromatic carbocycles. The molecule has 6 heteroatoms. The monoisotopic (exact) mass is 449 g/mol. The second-order valence-electron chi connectivity index (χ2n) is 8.41. The zero-order valence-corrected chi connectivity index (χ0v) is 19.9. The summed E-state index contributed by atoms with van der Waals surface area (Å²) in [6.07, 6.45) is 3.85. The third-order valence-corrected chi connectivity index (χ3v) is 6.00. The van der Waals surface area contributed by atoms with E-state index < -0.39 is 5.63 Å². The van der Waals surface area contributed by atoms with Crippen LogP contribution in [0.2, 0.25) is 0 Å². The minimum atomic E-state index is -0.450. The number of anilines is 1. The summed E-state index contributed by atoms with van der Waals surface area (Å²) in [6.45, 7) is 6.84. The molecule has 0 aliphatic carbocycles. The molecule has 3 rings (SSSR count). The predicted molar refractivity (Wildman–Crippen MR) is 136 cm³/mol. The minimum Gasteiger partial charge on any atom is -0.497 e. The zero-order chi connectivity index (χ0) is 23.8. The van der Waals surface area contributed by atoms with Crippen LogP contribution >= 0.6 is 0 Å². The lowest BCUT2D eigenvalue weighted by Gasteiger charge is -2.23. The van der Waals surface area contributed by atoms with Gasteiger partial charge in [-0.15, -0.1) is 0 Å². The molecule has 0 aliphatic rings. The van der Waals surface area contributed by atoms with Gasteiger partial charge in [0.1, 0.15) is 11.3 Å². The zero-order valence-electron chi connectivity index (χ0n) is 19.9. The SMILES string of the molecule is CCCCN(CCC/C(N)=C(\C)c1c(N)c2ccccc2oc1=O)Cc1cccc(OC)c1. The quantitative estimate of drug-likeness (QED) is 0.393. The van der Waals surface area contributed by atoms with Crippen molar-refractivity contribution in [1.82, 2.24) is 4.90 Å². The smallest absolute Gasteiger partial charge is 0.346 e. The fraction of sp³-hybridized carbons (Fsp3) is 0.370. The van der Waals surface area contributed by atoms with E-state index in [0.717, 1.165) is 50.0 Å². The third-order valence-electron chi connectivity index (χ3n) is 6.00. The molecule has 0 saturated heterocycles. The summed E-state index contributed by atoms with van der Waals surface area (Å²) in [5.74, 6) is 0.873. The summed E-state index contributed by atoms with van der Waals surface area (Å²) < 4.78 is 10.8. The summed E-state index contributed by atoms with van der Waals surface area (Å²) >= 11 is 0. The Balaban J connectivity index is 1.71. The Morgan fingerprint density at radius 1 is 1.09 bits per heavy atom. The number of methoxy groups -OCH3 is 1. The molecule has 6 nitrogen and oxygen atoms in total. The predicted octanol–water partition coefficient (Wildman–Crippen LogP) is 5.16. The van der Waals surface area contributed by atoms with Crippen LogP contribution < -0.4 is 21.8 Å². The number of fused-ring (bicyclic) bond motifs is 1. The second-order valence-corrected chi connectivity index (χ2v) is 8.41. The first-order valence-electron chi connectivity index (χ1n) is 11.6. The maximum atomic E-state index is 12.6. The molecule has 0 saturated carbocycles. The molecule has 176 valence electrons. The van der Waals surface area contributed by atoms with Crippen molar-refractivity contribution in [2.24, 2.45) is 5.73 Å². The number of hydrogen-bond donors (Lipinski definition) is 2. The molecule has 0 amide bonds. The Morgan fingerprint density at radius 3 is 2.61 bits per heavy atom. The van der Waals surface area contributed by atoms with Crippen molar-refractivity contribution in [1.29, 1.82) is 0 Å². The Labute approximate surface area is 195 Å². The van der Waals surface area contributed by atoms with Crippen molar-refractivity contribution in [2.75, 3.05) is 25.9 Å². The van der Waals surface area contributed by atoms with Crippen molar-refractivity contribution < 1.29 is 9.15 Å². The molecule has 0 radical (unpaired) electrons. The molecule has 3 aromatic rings. The van der Waals surface area contributed by atoms with Crippen molar-refractivity contribution in [2.45, 2.75) is 46.1 Å². The Kier molecular flexibility index (Phi) is 8.55. The van der Waals surface area contributed by atoms with Crippen LogP contribution in [0.5, 0.6) is 5.75 Å². The minimum absolute atomic E-state index is 0.366. The molecule has 1 heterocycles. The van der Waals surface area contributed by atoms with Crippen molar-refractivity contribution in [3.63, 3.8) is 0 Å². The van der Waals surface area contributed by atoms with Crippen LogP contribution in [0, 0.1) is 0 Å². The lowest BCUT2D eigenvalue weighted by molar-refractivity contribution is 0.257. The standard InChI is InChI=1S/C27H35N3O3/c1-4-5-15-30(18-20-10-8-11-21(17-20)32-3)16-9-13-23(28)19(2)25-26(29)22-12-6-7-14-24(22)33-27(25)31/h6-8,10-12,14,17H,4-5,9,13,15-16,18,28-29H2,1-3H3/b23-19-. The van der Waals surface area contributed by atoms with Gasteiger partial charge in [-0.25, -0.2) is 4.79 Å². The van der Waals surface area contributed by atoms with Crippen LogP contribution in [0.15, 0.2) is 63.4 Å². The van der Waals surface area contributed by atoms with E-state index in [0.29, 0.717) is 34.5 Å². The van der Waals surface area contributed by atoms with Gasteiger partial charge in [-0.05, 0) is 74.7 Å². The average Bonchev–Trinajstić information content (AvgIpc) is 2.82. The van der Waals surface area contributed by atoms with Gasteiger partial charge in [-0.2, -0.15) is 0 Å². The van der Waals surface area contributed by atoms with Crippen LogP contribution in [0.25, 0.3) is 16.5 Å². The number of nitrogens with zero attached hydrogens (tertiary/aromatic N) is 1. The van der Waals surface area contributed by atoms with Gasteiger partial charge in [-0.1, -0.05) is 37.6 Å². The Hall–Kier alpha value is -3.25. The third kappa shape index (κ3) is 6.17. The Morgan fingerprint density at radius 2 is 1.85 bits per heavy atom. The average molecular weight is 450 g/mol. The summed E-state index contributed by atoms with van der Waals surface area (Å²) in [5.41, 5.74) is 16.2. The lowest BCUT2D eigenvalue weighted by atomic mass is 10.0. The number of para-hydroxylation sites is 1. The van der Waals surface area contributed by atoms with E-state index >= 15 is 0 Å². The molecule has 0 aliphatic heterocycles. The molecule has 0 bridgehead atoms. The Bertz CT molecular complexity index is 1170. The van der Waals surface area contributed by atoms with Gasteiger partial charge in [0.05, 0.1) is 18.4 Å². The van der Waals surface area contributed by atoms with E-state index in [2.05, 4.69) is 24.0 Å². The highest BCUT2D eigenvalue weighted by molar-refractivity contribution is 5.94. The molecular formula is C27H35N3O3. The fourth-order valence-corrected chi connectivity index (χ4v) is 4.05. The van der Waals surface area contributed by atoms with Crippen LogP contribution in [0.3, 0.4) is 0 Å². The first-order chi connectivity index (χ1) is 15.9. The van der Waals surface area contributed by atoms with Gasteiger partial charge in [0.2, 0.25) is 0 Å². The summed E-state index contributed by atoms with van der Waals surface area (Å²) in [7, 11) is 1.69. The maximum absolute atomic E-state index is 12.6. The van der Waals surface area contributed by atoms with Gasteiger partial charge >= 0.3 is 5.63 Å². The van der Waals surface area contributed by atoms with E-state index in [9.17, 15) is 4.79 Å². The van der Waals surface area contributed by atoms with Crippen molar-refractivity contribution >= 4 is 22.2 Å². The molecule has 0 atom stereocenters. The number of nitrogens with two attached hydrogens (primary N) is 2. The van der Waals surface area contributed by atoms with Gasteiger partial charge < -0.3 is 20.6 Å². The van der Waals surface area contributed by atoms with Gasteiger partial charge in [0, 0.05) is 17.6 Å². The molecule has 0 spiro atoms. The van der Waals surface area contributed by atoms with Gasteiger partial charge in [-0.3, -0.25) is 4.90 Å². The normalized spacial score (nSPS) is 12.2. The van der Waals surface area contributed by atoms with E-state index in [-0.39, 0.29) is 0 Å². The van der Waals surface area contributed by atoms with Crippen LogP contribution in [-0.2, 0) is 6.54 Å². The number of allylic oxidation sites excluding steroid dienone is 2. The van der Waals surface area contributed by atoms with Crippen molar-refractivity contribution in [3.05, 3.63) is 75.8 Å². The van der Waals surface area contributed by atoms with Crippen molar-refractivity contribution in [3.8, 4) is 5.75 Å². The van der Waals surface area contributed by atoms with Gasteiger partial charge in [0.25, 0.3) is 0 Å². The van der Waals surface area contributed by atoms with E-state index in [1.54, 1.807) is 13.2 Å². The number of nitrogen functional groups attached to an aromatic ring is 1. The lowest BCUT2D eigenvalue weighted by Crippen LogP contribution is -2.26. The first kappa shape index (κ1) is 24.4.